The molecule has 2 aliphatic rings. The Morgan fingerprint density at radius 3 is 1.69 bits per heavy atom. The van der Waals surface area contributed by atoms with Crippen molar-refractivity contribution in [1.82, 2.24) is 15.1 Å². The van der Waals surface area contributed by atoms with Crippen LogP contribution < -0.4 is 5.32 Å². The van der Waals surface area contributed by atoms with Gasteiger partial charge < -0.3 is 9.80 Å². The zero-order valence-electron chi connectivity index (χ0n) is 22.6. The molecule has 4 aromatic rings. The highest BCUT2D eigenvalue weighted by molar-refractivity contribution is 7.18. The minimum Gasteiger partial charge on any atom is -0.344 e. The third kappa shape index (κ3) is 4.23. The molecule has 0 spiro atoms. The summed E-state index contributed by atoms with van der Waals surface area (Å²) in [6, 6.07) is 10.2. The first kappa shape index (κ1) is 28.3. The van der Waals surface area contributed by atoms with E-state index in [0.717, 1.165) is 22.7 Å². The summed E-state index contributed by atoms with van der Waals surface area (Å²) < 4.78 is 0. The number of nitrogens with zero attached hydrogens (tertiary/aromatic N) is 4. The summed E-state index contributed by atoms with van der Waals surface area (Å²) in [5.41, 5.74) is 1.33. The Balaban J connectivity index is 0.000000170. The molecule has 6 rings (SSSR count). The van der Waals surface area contributed by atoms with Crippen molar-refractivity contribution in [1.29, 1.82) is 10.5 Å². The summed E-state index contributed by atoms with van der Waals surface area (Å²) in [5, 5.41) is 22.6. The number of amides is 4. The van der Waals surface area contributed by atoms with Gasteiger partial charge in [0, 0.05) is 60.9 Å². The largest absolute Gasteiger partial charge is 0.344 e. The summed E-state index contributed by atoms with van der Waals surface area (Å²) in [6.45, 7) is 0. The molecule has 1 aliphatic carbocycles. The van der Waals surface area contributed by atoms with E-state index in [1.807, 2.05) is 12.1 Å². The smallest absolute Gasteiger partial charge is 0.268 e. The standard InChI is InChI=1S/C16H14N4O2S.C13H5NO4S/c1-19(2)15(21)13-11-9(7-17)5-6-10(8-18)12(11)14(23-13)16(22)20(3)4;15-6-3-7(16)10-8-4(6)1-2-5-9(8)11(19-10)13(18)14-12(5)17/h5-6H,1-4H3;1-2H,3H2,(H,14,17,18). The average Bonchev–Trinajstić information content (AvgIpc) is 3.56. The predicted octanol–water partition coefficient (Wildman–Crippen LogP) is 3.60. The van der Waals surface area contributed by atoms with Gasteiger partial charge in [0.25, 0.3) is 23.6 Å². The molecule has 4 amide bonds. The van der Waals surface area contributed by atoms with E-state index >= 15 is 0 Å². The lowest BCUT2D eigenvalue weighted by atomic mass is 9.89. The minimum absolute atomic E-state index is 0.170. The number of hydrogen-bond acceptors (Lipinski definition) is 10. The maximum absolute atomic E-state index is 12.5. The van der Waals surface area contributed by atoms with Crippen molar-refractivity contribution in [2.45, 2.75) is 6.42 Å². The van der Waals surface area contributed by atoms with Crippen LogP contribution in [0.4, 0.5) is 0 Å². The number of benzene rings is 2. The number of nitrogens with one attached hydrogen (secondary N) is 1. The summed E-state index contributed by atoms with van der Waals surface area (Å²) in [4.78, 5) is 76.4. The summed E-state index contributed by atoms with van der Waals surface area (Å²) in [5.74, 6) is -2.13. The van der Waals surface area contributed by atoms with Crippen LogP contribution in [0, 0.1) is 22.7 Å². The molecule has 0 atom stereocenters. The van der Waals surface area contributed by atoms with Gasteiger partial charge in [0.1, 0.15) is 14.6 Å². The molecule has 3 heterocycles. The van der Waals surface area contributed by atoms with Gasteiger partial charge in [-0.1, -0.05) is 0 Å². The first-order valence-electron chi connectivity index (χ1n) is 12.3. The fourth-order valence-corrected chi connectivity index (χ4v) is 7.31. The monoisotopic (exact) mass is 597 g/mol. The quantitative estimate of drug-likeness (QED) is 0.270. The van der Waals surface area contributed by atoms with E-state index in [4.69, 9.17) is 0 Å². The third-order valence-corrected chi connectivity index (χ3v) is 9.12. The van der Waals surface area contributed by atoms with Crippen LogP contribution in [0.3, 0.4) is 0 Å². The van der Waals surface area contributed by atoms with Gasteiger partial charge >= 0.3 is 0 Å². The van der Waals surface area contributed by atoms with Crippen molar-refractivity contribution >= 4 is 79.4 Å². The number of carbonyl (C=O) groups excluding carboxylic acids is 6. The van der Waals surface area contributed by atoms with E-state index in [1.54, 1.807) is 34.3 Å². The van der Waals surface area contributed by atoms with Gasteiger partial charge in [-0.15, -0.1) is 22.7 Å². The average molecular weight is 598 g/mol. The Morgan fingerprint density at radius 1 is 0.690 bits per heavy atom. The molecule has 0 saturated heterocycles. The van der Waals surface area contributed by atoms with Gasteiger partial charge in [-0.3, -0.25) is 34.1 Å². The number of rotatable bonds is 2. The van der Waals surface area contributed by atoms with Gasteiger partial charge in [-0.2, -0.15) is 10.5 Å². The van der Waals surface area contributed by atoms with Gasteiger partial charge in [-0.25, -0.2) is 0 Å². The van der Waals surface area contributed by atoms with Crippen molar-refractivity contribution in [3.05, 3.63) is 66.0 Å². The molecule has 11 nitrogen and oxygen atoms in total. The van der Waals surface area contributed by atoms with Crippen molar-refractivity contribution < 1.29 is 28.8 Å². The van der Waals surface area contributed by atoms with E-state index in [-0.39, 0.29) is 40.9 Å². The molecular weight excluding hydrogens is 578 g/mol. The molecule has 0 fully saturated rings. The Hall–Kier alpha value is -5.24. The first-order chi connectivity index (χ1) is 19.9. The lowest BCUT2D eigenvalue weighted by molar-refractivity contribution is 0.0827. The number of nitriles is 2. The number of ketones is 2. The zero-order valence-corrected chi connectivity index (χ0v) is 24.2. The Labute approximate surface area is 246 Å². The van der Waals surface area contributed by atoms with Crippen molar-refractivity contribution in [2.24, 2.45) is 0 Å². The van der Waals surface area contributed by atoms with E-state index < -0.39 is 11.8 Å². The van der Waals surface area contributed by atoms with Gasteiger partial charge in [0.15, 0.2) is 11.6 Å². The summed E-state index contributed by atoms with van der Waals surface area (Å²) in [7, 11) is 6.39. The topological polar surface area (TPSA) is 169 Å². The van der Waals surface area contributed by atoms with Crippen LogP contribution in [0.2, 0.25) is 0 Å². The summed E-state index contributed by atoms with van der Waals surface area (Å²) in [6.07, 6.45) is -0.170. The van der Waals surface area contributed by atoms with E-state index in [0.29, 0.717) is 52.2 Å². The lowest BCUT2D eigenvalue weighted by Crippen LogP contribution is -2.33. The van der Waals surface area contributed by atoms with Crippen molar-refractivity contribution in [3.8, 4) is 12.1 Å². The number of hydrogen-bond donors (Lipinski definition) is 1. The highest BCUT2D eigenvalue weighted by Gasteiger charge is 2.36. The maximum atomic E-state index is 12.5. The summed E-state index contributed by atoms with van der Waals surface area (Å²) >= 11 is 2.08. The third-order valence-electron chi connectivity index (χ3n) is 6.72. The number of thiophene rings is 2. The number of fused-ring (bicyclic) bond motifs is 1. The molecule has 13 heteroatoms. The Kier molecular flexibility index (Phi) is 6.94. The molecule has 0 unspecified atom stereocenters. The molecule has 42 heavy (non-hydrogen) atoms. The van der Waals surface area contributed by atoms with Crippen molar-refractivity contribution in [2.75, 3.05) is 28.2 Å². The van der Waals surface area contributed by atoms with Crippen LogP contribution in [0.1, 0.15) is 77.0 Å². The Morgan fingerprint density at radius 2 is 1.19 bits per heavy atom. The second-order valence-electron chi connectivity index (χ2n) is 9.77. The molecule has 1 aliphatic heterocycles. The van der Waals surface area contributed by atoms with Crippen LogP contribution in [0.5, 0.6) is 0 Å². The van der Waals surface area contributed by atoms with Crippen molar-refractivity contribution in [3.63, 3.8) is 0 Å². The highest BCUT2D eigenvalue weighted by Crippen LogP contribution is 2.41. The molecule has 0 saturated carbocycles. The van der Waals surface area contributed by atoms with Crippen LogP contribution in [0.15, 0.2) is 24.3 Å². The van der Waals surface area contributed by atoms with Crippen LogP contribution in [-0.4, -0.2) is 73.2 Å². The van der Waals surface area contributed by atoms with Gasteiger partial charge in [0.2, 0.25) is 0 Å². The van der Waals surface area contributed by atoms with E-state index in [9.17, 15) is 39.3 Å². The predicted molar refractivity (Wildman–Crippen MR) is 154 cm³/mol. The second kappa shape index (κ2) is 10.3. The lowest BCUT2D eigenvalue weighted by Gasteiger charge is -2.14. The van der Waals surface area contributed by atoms with E-state index in [2.05, 4.69) is 5.32 Å². The van der Waals surface area contributed by atoms with Crippen LogP contribution in [0.25, 0.3) is 21.5 Å². The Bertz CT molecular complexity index is 1900. The fraction of sp³-hybridized carbons (Fsp3) is 0.172. The molecule has 0 radical (unpaired) electrons. The minimum atomic E-state index is -0.502. The molecule has 208 valence electrons. The molecule has 1 N–H and O–H groups in total. The van der Waals surface area contributed by atoms with Crippen LogP contribution >= 0.6 is 22.7 Å². The molecule has 2 aromatic heterocycles. The van der Waals surface area contributed by atoms with Gasteiger partial charge in [0.05, 0.1) is 34.6 Å². The zero-order chi connectivity index (χ0) is 30.6. The normalized spacial score (nSPS) is 13.2. The van der Waals surface area contributed by atoms with Crippen LogP contribution in [-0.2, 0) is 0 Å². The fourth-order valence-electron chi connectivity index (χ4n) is 4.78. The van der Waals surface area contributed by atoms with Gasteiger partial charge in [-0.05, 0) is 24.3 Å². The maximum Gasteiger partial charge on any atom is 0.268 e. The first-order valence-corrected chi connectivity index (χ1v) is 13.9. The molecular formula is C29H19N5O6S2. The number of Topliss-reactive ketones (excluding diaryl/α,β-unsaturated/α-hetero) is 2. The highest BCUT2D eigenvalue weighted by atomic mass is 32.1. The molecule has 0 bridgehead atoms. The van der Waals surface area contributed by atoms with E-state index in [1.165, 1.54) is 28.0 Å². The second-order valence-corrected chi connectivity index (χ2v) is 11.8. The number of imide groups is 1. The molecule has 2 aromatic carbocycles. The SMILES string of the molecule is CN(C)C(=O)c1sc(C(=O)N(C)C)c2c(C#N)ccc(C#N)c12.O=C1CC(=O)c2sc3c4c(ccc1c24)C(=O)NC3=O. The number of carbonyl (C=O) groups is 6.